The van der Waals surface area contributed by atoms with Gasteiger partial charge in [0.15, 0.2) is 0 Å². The topological polar surface area (TPSA) is 77.8 Å². The summed E-state index contributed by atoms with van der Waals surface area (Å²) in [6, 6.07) is 5.96. The van der Waals surface area contributed by atoms with E-state index in [4.69, 9.17) is 5.11 Å². The van der Waals surface area contributed by atoms with Gasteiger partial charge in [-0.1, -0.05) is 13.0 Å². The van der Waals surface area contributed by atoms with Crippen molar-refractivity contribution in [3.8, 4) is 5.75 Å². The minimum absolute atomic E-state index is 0.0883. The molecular formula is C23H34O4. The van der Waals surface area contributed by atoms with E-state index in [1.807, 2.05) is 12.1 Å². The smallest absolute Gasteiger partial charge is 0.308 e. The number of hydrogen-bond donors (Lipinski definition) is 3. The summed E-state index contributed by atoms with van der Waals surface area (Å²) in [6.07, 6.45) is 6.78. The molecule has 1 aromatic carbocycles. The van der Waals surface area contributed by atoms with Crippen LogP contribution in [0.4, 0.5) is 0 Å². The van der Waals surface area contributed by atoms with Crippen LogP contribution in [-0.2, 0) is 11.2 Å². The van der Waals surface area contributed by atoms with Gasteiger partial charge >= 0.3 is 5.97 Å². The predicted molar refractivity (Wildman–Crippen MR) is 106 cm³/mol. The lowest BCUT2D eigenvalue weighted by molar-refractivity contribution is -0.145. The van der Waals surface area contributed by atoms with Crippen LogP contribution in [-0.4, -0.2) is 27.4 Å². The summed E-state index contributed by atoms with van der Waals surface area (Å²) in [7, 11) is 0. The van der Waals surface area contributed by atoms with Gasteiger partial charge in [0.05, 0.1) is 11.5 Å². The lowest BCUT2D eigenvalue weighted by Gasteiger charge is -2.50. The zero-order valence-electron chi connectivity index (χ0n) is 17.0. The first-order valence-electron chi connectivity index (χ1n) is 10.3. The van der Waals surface area contributed by atoms with Crippen LogP contribution in [0.15, 0.2) is 18.2 Å². The van der Waals surface area contributed by atoms with Crippen LogP contribution in [0.2, 0.25) is 0 Å². The maximum Gasteiger partial charge on any atom is 0.308 e. The fourth-order valence-electron chi connectivity index (χ4n) is 5.54. The van der Waals surface area contributed by atoms with E-state index in [9.17, 15) is 15.0 Å². The number of carboxylic acid groups (broad SMARTS) is 1. The van der Waals surface area contributed by atoms with E-state index >= 15 is 0 Å². The normalized spacial score (nSPS) is 34.6. The molecule has 2 fully saturated rings. The van der Waals surface area contributed by atoms with Crippen LogP contribution in [0, 0.1) is 22.7 Å². The first-order valence-corrected chi connectivity index (χ1v) is 10.3. The van der Waals surface area contributed by atoms with Crippen molar-refractivity contribution in [3.63, 3.8) is 0 Å². The van der Waals surface area contributed by atoms with E-state index < -0.39 is 11.4 Å². The lowest BCUT2D eigenvalue weighted by Crippen LogP contribution is -2.43. The molecule has 3 N–H and O–H groups in total. The Hall–Kier alpha value is -1.55. The second kappa shape index (κ2) is 7.12. The third-order valence-electron chi connectivity index (χ3n) is 7.30. The SMILES string of the molecule is CC(C)(C)C(=O)O.CC12CCC3c4ccc(O)cc4CCC3C1CCC2O. The summed E-state index contributed by atoms with van der Waals surface area (Å²) in [4.78, 5) is 10.0. The minimum Gasteiger partial charge on any atom is -0.508 e. The molecule has 4 heteroatoms. The molecule has 0 amide bonds. The second-order valence-electron chi connectivity index (χ2n) is 9.99. The van der Waals surface area contributed by atoms with Gasteiger partial charge in [-0.15, -0.1) is 0 Å². The highest BCUT2D eigenvalue weighted by atomic mass is 16.4. The number of aliphatic hydroxyl groups is 1. The summed E-state index contributed by atoms with van der Waals surface area (Å²) in [5, 5.41) is 28.3. The van der Waals surface area contributed by atoms with Crippen molar-refractivity contribution in [1.29, 1.82) is 0 Å². The average Bonchev–Trinajstić information content (AvgIpc) is 2.89. The first-order chi connectivity index (χ1) is 12.5. The monoisotopic (exact) mass is 374 g/mol. The highest BCUT2D eigenvalue weighted by Crippen LogP contribution is 2.60. The highest BCUT2D eigenvalue weighted by molar-refractivity contribution is 5.72. The molecule has 0 aliphatic heterocycles. The number of carbonyl (C=O) groups is 1. The summed E-state index contributed by atoms with van der Waals surface area (Å²) >= 11 is 0. The molecule has 1 aromatic rings. The number of fused-ring (bicyclic) bond motifs is 5. The van der Waals surface area contributed by atoms with Gasteiger partial charge in [-0.3, -0.25) is 4.79 Å². The quantitative estimate of drug-likeness (QED) is 0.614. The van der Waals surface area contributed by atoms with Gasteiger partial charge in [0, 0.05) is 0 Å². The van der Waals surface area contributed by atoms with E-state index in [0.29, 0.717) is 17.6 Å². The van der Waals surface area contributed by atoms with E-state index in [1.54, 1.807) is 20.8 Å². The van der Waals surface area contributed by atoms with Crippen LogP contribution in [0.3, 0.4) is 0 Å². The van der Waals surface area contributed by atoms with Gasteiger partial charge in [0.25, 0.3) is 0 Å². The summed E-state index contributed by atoms with van der Waals surface area (Å²) in [5.41, 5.74) is 2.41. The average molecular weight is 375 g/mol. The van der Waals surface area contributed by atoms with Crippen molar-refractivity contribution in [1.82, 2.24) is 0 Å². The number of aromatic hydroxyl groups is 1. The van der Waals surface area contributed by atoms with Gasteiger partial charge in [0.1, 0.15) is 5.75 Å². The van der Waals surface area contributed by atoms with E-state index in [-0.39, 0.29) is 11.5 Å². The number of hydrogen-bond acceptors (Lipinski definition) is 3. The van der Waals surface area contributed by atoms with Gasteiger partial charge in [0.2, 0.25) is 0 Å². The van der Waals surface area contributed by atoms with Gasteiger partial charge in [-0.05, 0) is 106 Å². The van der Waals surface area contributed by atoms with Crippen LogP contribution < -0.4 is 0 Å². The third kappa shape index (κ3) is 3.73. The number of phenols is 1. The Balaban J connectivity index is 0.000000260. The molecule has 0 heterocycles. The molecule has 150 valence electrons. The molecule has 3 aliphatic rings. The molecule has 3 aliphatic carbocycles. The lowest BCUT2D eigenvalue weighted by atomic mass is 9.55. The Kier molecular flexibility index (Phi) is 5.33. The molecule has 5 unspecified atom stereocenters. The molecule has 5 atom stereocenters. The van der Waals surface area contributed by atoms with Crippen molar-refractivity contribution < 1.29 is 20.1 Å². The largest absolute Gasteiger partial charge is 0.508 e. The van der Waals surface area contributed by atoms with E-state index in [0.717, 1.165) is 25.2 Å². The second-order valence-corrected chi connectivity index (χ2v) is 9.99. The standard InChI is InChI=1S/C18H24O2.C5H10O2/c1-18-9-8-14-13-5-3-12(19)10-11(13)2-4-15(14)16(18)6-7-17(18)20;1-5(2,3)4(6)7/h3,5,10,14-17,19-20H,2,4,6-9H2,1H3;1-3H3,(H,6,7). The summed E-state index contributed by atoms with van der Waals surface area (Å²) in [5.74, 6) is 1.73. The number of aliphatic carboxylic acids is 1. The molecule has 4 rings (SSSR count). The number of aryl methyl sites for hydroxylation is 1. The van der Waals surface area contributed by atoms with Crippen LogP contribution in [0.1, 0.15) is 76.8 Å². The summed E-state index contributed by atoms with van der Waals surface area (Å²) < 4.78 is 0. The van der Waals surface area contributed by atoms with Gasteiger partial charge in [-0.2, -0.15) is 0 Å². The van der Waals surface area contributed by atoms with Crippen LogP contribution in [0.5, 0.6) is 5.75 Å². The van der Waals surface area contributed by atoms with Crippen molar-refractivity contribution in [2.24, 2.45) is 22.7 Å². The number of aliphatic hydroxyl groups excluding tert-OH is 1. The Bertz CT molecular complexity index is 705. The van der Waals surface area contributed by atoms with Crippen molar-refractivity contribution >= 4 is 5.97 Å². The third-order valence-corrected chi connectivity index (χ3v) is 7.30. The Morgan fingerprint density at radius 2 is 1.81 bits per heavy atom. The summed E-state index contributed by atoms with van der Waals surface area (Å²) in [6.45, 7) is 7.30. The maximum absolute atomic E-state index is 10.4. The van der Waals surface area contributed by atoms with E-state index in [2.05, 4.69) is 13.0 Å². The minimum atomic E-state index is -0.757. The molecule has 27 heavy (non-hydrogen) atoms. The molecule has 4 nitrogen and oxygen atoms in total. The molecule has 2 saturated carbocycles. The molecule has 0 bridgehead atoms. The Labute approximate surface area is 162 Å². The van der Waals surface area contributed by atoms with Gasteiger partial charge < -0.3 is 15.3 Å². The molecule has 0 saturated heterocycles. The van der Waals surface area contributed by atoms with Crippen molar-refractivity contribution in [2.75, 3.05) is 0 Å². The zero-order valence-corrected chi connectivity index (χ0v) is 17.0. The fourth-order valence-corrected chi connectivity index (χ4v) is 5.54. The first kappa shape index (κ1) is 20.2. The fraction of sp³-hybridized carbons (Fsp3) is 0.696. The number of phenolic OH excluding ortho intramolecular Hbond substituents is 1. The molecule has 0 aromatic heterocycles. The number of benzene rings is 1. The van der Waals surface area contributed by atoms with Gasteiger partial charge in [-0.25, -0.2) is 0 Å². The van der Waals surface area contributed by atoms with Crippen LogP contribution >= 0.6 is 0 Å². The molecule has 0 spiro atoms. The van der Waals surface area contributed by atoms with Crippen molar-refractivity contribution in [3.05, 3.63) is 29.3 Å². The van der Waals surface area contributed by atoms with E-state index in [1.165, 1.54) is 30.4 Å². The number of carboxylic acids is 1. The molecular weight excluding hydrogens is 340 g/mol. The zero-order chi connectivity index (χ0) is 20.0. The maximum atomic E-state index is 10.4. The van der Waals surface area contributed by atoms with Crippen molar-refractivity contribution in [2.45, 2.75) is 78.2 Å². The van der Waals surface area contributed by atoms with Crippen LogP contribution in [0.25, 0.3) is 0 Å². The Morgan fingerprint density at radius 1 is 1.15 bits per heavy atom. The molecule has 0 radical (unpaired) electrons. The number of rotatable bonds is 0. The predicted octanol–water partition coefficient (Wildman–Crippen LogP) is 4.73. The highest BCUT2D eigenvalue weighted by Gasteiger charge is 2.54. The Morgan fingerprint density at radius 3 is 2.44 bits per heavy atom.